The van der Waals surface area contributed by atoms with E-state index in [0.717, 1.165) is 0 Å². The second-order valence-corrected chi connectivity index (χ2v) is 14.2. The van der Waals surface area contributed by atoms with Crippen LogP contribution in [0.3, 0.4) is 0 Å². The summed E-state index contributed by atoms with van der Waals surface area (Å²) in [6, 6.07) is 0. The van der Waals surface area contributed by atoms with E-state index in [1.165, 1.54) is 0 Å². The lowest BCUT2D eigenvalue weighted by Gasteiger charge is -2.37. The minimum absolute atomic E-state index is 0.0726. The molecule has 0 bridgehead atoms. The molecule has 0 aliphatic carbocycles. The van der Waals surface area contributed by atoms with Crippen LogP contribution in [0.15, 0.2) is 0 Å². The highest BCUT2D eigenvalue weighted by atomic mass is 31.2. The van der Waals surface area contributed by atoms with Crippen LogP contribution in [0.4, 0.5) is 0 Å². The van der Waals surface area contributed by atoms with Gasteiger partial charge in [0, 0.05) is 12.5 Å². The highest BCUT2D eigenvalue weighted by Crippen LogP contribution is 2.49. The molecular weight excluding hydrogens is 333 g/mol. The molecule has 0 fully saturated rings. The maximum absolute atomic E-state index is 12.5. The Morgan fingerprint density at radius 1 is 1.09 bits per heavy atom. The summed E-state index contributed by atoms with van der Waals surface area (Å²) < 4.78 is 29.4. The van der Waals surface area contributed by atoms with E-state index in [0.29, 0.717) is 39.0 Å². The fourth-order valence-electron chi connectivity index (χ4n) is 1.79. The minimum atomic E-state index is -3.03. The second-order valence-electron chi connectivity index (χ2n) is 7.23. The third kappa shape index (κ3) is 8.77. The molecule has 0 amide bonds. The smallest absolute Gasteiger partial charge is 0.330 e. The third-order valence-corrected chi connectivity index (χ3v) is 10.9. The molecule has 0 aromatic carbocycles. The largest absolute Gasteiger partial charge is 0.416 e. The Kier molecular flexibility index (Phi) is 10.4. The van der Waals surface area contributed by atoms with Crippen LogP contribution in [0.2, 0.25) is 18.1 Å². The number of rotatable bonds is 12. The Bertz CT molecular complexity index is 363. The summed E-state index contributed by atoms with van der Waals surface area (Å²) >= 11 is 0. The molecule has 0 aliphatic heterocycles. The maximum Gasteiger partial charge on any atom is 0.330 e. The fraction of sp³-hybridized carbons (Fsp3) is 1.00. The predicted molar refractivity (Wildman–Crippen MR) is 97.1 cm³/mol. The zero-order valence-electron chi connectivity index (χ0n) is 15.9. The van der Waals surface area contributed by atoms with Gasteiger partial charge in [-0.3, -0.25) is 4.57 Å². The summed E-state index contributed by atoms with van der Waals surface area (Å²) in [6.07, 6.45) is 0.979. The molecule has 140 valence electrons. The third-order valence-electron chi connectivity index (χ3n) is 4.28. The van der Waals surface area contributed by atoms with Crippen molar-refractivity contribution in [3.8, 4) is 0 Å². The van der Waals surface area contributed by atoms with Crippen LogP contribution in [0.5, 0.6) is 0 Å². The molecule has 0 aromatic heterocycles. The summed E-state index contributed by atoms with van der Waals surface area (Å²) in [5, 5.41) is 0.146. The molecule has 0 heterocycles. The van der Waals surface area contributed by atoms with Gasteiger partial charge in [-0.2, -0.15) is 0 Å². The van der Waals surface area contributed by atoms with Crippen LogP contribution in [-0.2, 0) is 22.9 Å². The summed E-state index contributed by atoms with van der Waals surface area (Å²) in [4.78, 5) is 4.80. The van der Waals surface area contributed by atoms with Gasteiger partial charge in [0.2, 0.25) is 0 Å². The summed E-state index contributed by atoms with van der Waals surface area (Å²) in [7, 11) is -4.86. The summed E-state index contributed by atoms with van der Waals surface area (Å²) in [5.74, 6) is 5.31. The van der Waals surface area contributed by atoms with Crippen LogP contribution in [0.25, 0.3) is 0 Å². The first-order valence-electron chi connectivity index (χ1n) is 8.35. The van der Waals surface area contributed by atoms with Gasteiger partial charge in [-0.1, -0.05) is 20.8 Å². The Balaban J connectivity index is 4.66. The molecule has 2 N–H and O–H groups in total. The van der Waals surface area contributed by atoms with Crippen molar-refractivity contribution >= 4 is 15.9 Å². The van der Waals surface area contributed by atoms with E-state index in [2.05, 4.69) is 33.9 Å². The molecule has 0 aliphatic rings. The first-order chi connectivity index (χ1) is 10.5. The van der Waals surface area contributed by atoms with Crippen molar-refractivity contribution in [2.24, 2.45) is 11.8 Å². The first kappa shape index (κ1) is 23.2. The van der Waals surface area contributed by atoms with Gasteiger partial charge in [-0.15, -0.1) is 0 Å². The van der Waals surface area contributed by atoms with Gasteiger partial charge in [0.25, 0.3) is 0 Å². The van der Waals surface area contributed by atoms with Gasteiger partial charge in [-0.05, 0) is 38.4 Å². The van der Waals surface area contributed by atoms with Crippen molar-refractivity contribution < 1.29 is 22.9 Å². The van der Waals surface area contributed by atoms with Gasteiger partial charge in [0.15, 0.2) is 8.32 Å². The van der Waals surface area contributed by atoms with E-state index >= 15 is 0 Å². The zero-order chi connectivity index (χ0) is 18.1. The molecule has 1 atom stereocenters. The number of hydrogen-bond donors (Lipinski definition) is 1. The molecular formula is C15H36NO5PSi. The van der Waals surface area contributed by atoms with Gasteiger partial charge in [-0.25, -0.2) is 5.90 Å². The minimum Gasteiger partial charge on any atom is -0.416 e. The molecule has 8 heteroatoms. The van der Waals surface area contributed by atoms with Crippen LogP contribution in [-0.4, -0.2) is 40.9 Å². The molecule has 0 rings (SSSR count). The Morgan fingerprint density at radius 3 is 2.00 bits per heavy atom. The lowest BCUT2D eigenvalue weighted by molar-refractivity contribution is 0.0737. The summed E-state index contributed by atoms with van der Waals surface area (Å²) in [5.41, 5.74) is 0. The second kappa shape index (κ2) is 10.3. The van der Waals surface area contributed by atoms with Crippen LogP contribution in [0, 0.1) is 5.92 Å². The van der Waals surface area contributed by atoms with Crippen LogP contribution < -0.4 is 5.90 Å². The number of nitrogens with two attached hydrogens (primary N) is 1. The Morgan fingerprint density at radius 2 is 1.61 bits per heavy atom. The van der Waals surface area contributed by atoms with E-state index in [1.54, 1.807) is 0 Å². The van der Waals surface area contributed by atoms with Gasteiger partial charge >= 0.3 is 7.60 Å². The maximum atomic E-state index is 12.5. The van der Waals surface area contributed by atoms with Crippen LogP contribution >= 0.6 is 7.60 Å². The molecule has 0 spiro atoms. The van der Waals surface area contributed by atoms with E-state index < -0.39 is 15.9 Å². The van der Waals surface area contributed by atoms with Crippen molar-refractivity contribution in [1.29, 1.82) is 0 Å². The average molecular weight is 370 g/mol. The van der Waals surface area contributed by atoms with Gasteiger partial charge < -0.3 is 18.3 Å². The van der Waals surface area contributed by atoms with Crippen molar-refractivity contribution in [3.05, 3.63) is 0 Å². The lowest BCUT2D eigenvalue weighted by atomic mass is 10.1. The Labute approximate surface area is 143 Å². The van der Waals surface area contributed by atoms with E-state index in [-0.39, 0.29) is 11.0 Å². The standard InChI is InChI=1S/C15H36NO5PSi/c1-8-19-22(17,20-9-2)11-10-14(12-18-16)13-21-23(6,7)15(3,4)5/h14H,8-13,16H2,1-7H3. The van der Waals surface area contributed by atoms with E-state index in [9.17, 15) is 4.57 Å². The molecule has 0 radical (unpaired) electrons. The monoisotopic (exact) mass is 369 g/mol. The molecule has 0 aromatic rings. The predicted octanol–water partition coefficient (Wildman–Crippen LogP) is 4.17. The quantitative estimate of drug-likeness (QED) is 0.316. The SMILES string of the molecule is CCOP(=O)(CCC(CON)CO[Si](C)(C)C(C)(C)C)OCC. The topological polar surface area (TPSA) is 80.0 Å². The fourth-order valence-corrected chi connectivity index (χ4v) is 4.68. The van der Waals surface area contributed by atoms with E-state index in [1.807, 2.05) is 13.8 Å². The van der Waals surface area contributed by atoms with Crippen molar-refractivity contribution in [2.75, 3.05) is 32.6 Å². The van der Waals surface area contributed by atoms with Gasteiger partial charge in [0.1, 0.15) is 0 Å². The zero-order valence-corrected chi connectivity index (χ0v) is 17.8. The molecule has 6 nitrogen and oxygen atoms in total. The highest BCUT2D eigenvalue weighted by Gasteiger charge is 2.37. The first-order valence-corrected chi connectivity index (χ1v) is 13.0. The average Bonchev–Trinajstić information content (AvgIpc) is 2.41. The van der Waals surface area contributed by atoms with Crippen molar-refractivity contribution in [3.63, 3.8) is 0 Å². The Hall–Kier alpha value is 0.247. The van der Waals surface area contributed by atoms with Gasteiger partial charge in [0.05, 0.1) is 26.0 Å². The molecule has 0 saturated carbocycles. The summed E-state index contributed by atoms with van der Waals surface area (Å²) in [6.45, 7) is 16.3. The van der Waals surface area contributed by atoms with Crippen molar-refractivity contribution in [2.45, 2.75) is 59.2 Å². The van der Waals surface area contributed by atoms with Crippen molar-refractivity contribution in [1.82, 2.24) is 0 Å². The highest BCUT2D eigenvalue weighted by molar-refractivity contribution is 7.53. The van der Waals surface area contributed by atoms with Crippen LogP contribution in [0.1, 0.15) is 41.0 Å². The molecule has 23 heavy (non-hydrogen) atoms. The van der Waals surface area contributed by atoms with E-state index in [4.69, 9.17) is 24.2 Å². The number of hydrogen-bond acceptors (Lipinski definition) is 6. The normalized spacial score (nSPS) is 15.0. The molecule has 0 saturated heterocycles. The molecule has 1 unspecified atom stereocenters. The lowest BCUT2D eigenvalue weighted by Crippen LogP contribution is -2.42.